The molecule has 2 aliphatic heterocycles. The van der Waals surface area contributed by atoms with E-state index in [0.29, 0.717) is 32.2 Å². The highest BCUT2D eigenvalue weighted by atomic mass is 32.2. The van der Waals surface area contributed by atoms with Crippen LogP contribution in [0.2, 0.25) is 0 Å². The van der Waals surface area contributed by atoms with E-state index in [2.05, 4.69) is 15.4 Å². The molecule has 1 aliphatic carbocycles. The molecule has 0 radical (unpaired) electrons. The molecule has 0 aromatic heterocycles. The number of allylic oxidation sites excluding steroid dienone is 1. The van der Waals surface area contributed by atoms with Gasteiger partial charge in [-0.3, -0.25) is 14.4 Å². The summed E-state index contributed by atoms with van der Waals surface area (Å²) in [6.45, 7) is 7.23. The van der Waals surface area contributed by atoms with Crippen LogP contribution < -0.4 is 20.1 Å². The number of rotatable bonds is 5. The largest absolute Gasteiger partial charge is 0.444 e. The van der Waals surface area contributed by atoms with Crippen molar-refractivity contribution >= 4 is 34.0 Å². The molecule has 4 amide bonds. The Morgan fingerprint density at radius 1 is 1.16 bits per heavy atom. The molecule has 0 aromatic carbocycles. The van der Waals surface area contributed by atoms with E-state index in [1.807, 2.05) is 16.9 Å². The summed E-state index contributed by atoms with van der Waals surface area (Å²) in [6.07, 6.45) is 7.81. The zero-order valence-electron chi connectivity index (χ0n) is 22.7. The molecule has 4 N–H and O–H groups in total. The maximum absolute atomic E-state index is 13.6. The molecule has 214 valence electrons. The van der Waals surface area contributed by atoms with E-state index in [0.717, 1.165) is 19.3 Å². The number of hydrogen-bond donors (Lipinski definition) is 4. The Bertz CT molecular complexity index is 1050. The number of ether oxygens (including phenoxy) is 1. The van der Waals surface area contributed by atoms with Crippen LogP contribution in [-0.2, 0) is 29.3 Å². The summed E-state index contributed by atoms with van der Waals surface area (Å²) in [7, 11) is -4.07. The van der Waals surface area contributed by atoms with Crippen LogP contribution in [-0.4, -0.2) is 73.4 Å². The summed E-state index contributed by atoms with van der Waals surface area (Å²) < 4.78 is 34.0. The number of amides is 4. The number of hydrogen-bond acceptors (Lipinski definition) is 7. The molecule has 2 heterocycles. The molecule has 13 heteroatoms. The van der Waals surface area contributed by atoms with Gasteiger partial charge in [0, 0.05) is 19.0 Å². The van der Waals surface area contributed by atoms with Gasteiger partial charge in [0.05, 0.1) is 0 Å². The van der Waals surface area contributed by atoms with Crippen LogP contribution in [0.4, 0.5) is 4.79 Å². The zero-order chi connectivity index (χ0) is 28.1. The first-order valence-corrected chi connectivity index (χ1v) is 14.9. The highest BCUT2D eigenvalue weighted by Gasteiger charge is 2.61. The second-order valence-electron chi connectivity index (χ2n) is 11.2. The molecule has 38 heavy (non-hydrogen) atoms. The Morgan fingerprint density at radius 3 is 2.58 bits per heavy atom. The fraction of sp³-hybridized carbons (Fsp3) is 0.760. The average molecular weight is 556 g/mol. The smallest absolute Gasteiger partial charge is 0.408 e. The lowest BCUT2D eigenvalue weighted by atomic mass is 10.0. The second kappa shape index (κ2) is 12.0. The number of carbonyl (C=O) groups is 4. The minimum absolute atomic E-state index is 0.100. The van der Waals surface area contributed by atoms with E-state index in [1.165, 1.54) is 4.90 Å². The topological polar surface area (TPSA) is 163 Å². The molecule has 3 rings (SSSR count). The summed E-state index contributed by atoms with van der Waals surface area (Å²) in [5.41, 5.74) is -2.15. The van der Waals surface area contributed by atoms with Gasteiger partial charge in [-0.2, -0.15) is 13.1 Å². The molecule has 0 spiro atoms. The van der Waals surface area contributed by atoms with Crippen LogP contribution in [0.15, 0.2) is 12.2 Å². The lowest BCUT2D eigenvalue weighted by molar-refractivity contribution is -0.141. The predicted molar refractivity (Wildman–Crippen MR) is 140 cm³/mol. The van der Waals surface area contributed by atoms with E-state index in [-0.39, 0.29) is 24.8 Å². The van der Waals surface area contributed by atoms with Crippen molar-refractivity contribution in [2.24, 2.45) is 5.92 Å². The summed E-state index contributed by atoms with van der Waals surface area (Å²) in [6, 6.07) is -1.69. The normalized spacial score (nSPS) is 29.6. The lowest BCUT2D eigenvalue weighted by Crippen LogP contribution is -2.59. The summed E-state index contributed by atoms with van der Waals surface area (Å²) in [4.78, 5) is 54.1. The van der Waals surface area contributed by atoms with Crippen molar-refractivity contribution in [1.82, 2.24) is 25.0 Å². The lowest BCUT2D eigenvalue weighted by Gasteiger charge is -2.30. The summed E-state index contributed by atoms with van der Waals surface area (Å²) in [5, 5.41) is 5.47. The third-order valence-corrected chi connectivity index (χ3v) is 8.01. The molecule has 2 fully saturated rings. The minimum Gasteiger partial charge on any atom is -0.444 e. The van der Waals surface area contributed by atoms with Crippen molar-refractivity contribution in [3.05, 3.63) is 12.2 Å². The third-order valence-electron chi connectivity index (χ3n) is 6.89. The van der Waals surface area contributed by atoms with E-state index >= 15 is 0 Å². The number of nitrogens with zero attached hydrogens (tertiary/aromatic N) is 1. The van der Waals surface area contributed by atoms with E-state index in [1.54, 1.807) is 27.7 Å². The Morgan fingerprint density at radius 2 is 1.89 bits per heavy atom. The SMILES string of the molecule is CCNS(=O)(=O)NC(=O)[C@@]12C[C@@H]1/C=C\CCCCC[C@H](NC(=O)OC(C)(C)C)C(=O)N1CCC[C@H]1C(=O)N2. The van der Waals surface area contributed by atoms with Gasteiger partial charge in [0.25, 0.3) is 5.91 Å². The molecule has 1 saturated carbocycles. The molecule has 12 nitrogen and oxygen atoms in total. The van der Waals surface area contributed by atoms with Crippen molar-refractivity contribution in [1.29, 1.82) is 0 Å². The van der Waals surface area contributed by atoms with Crippen molar-refractivity contribution in [3.8, 4) is 0 Å². The molecule has 4 atom stereocenters. The molecular formula is C25H41N5O7S. The van der Waals surface area contributed by atoms with Crippen molar-refractivity contribution in [3.63, 3.8) is 0 Å². The van der Waals surface area contributed by atoms with Gasteiger partial charge >= 0.3 is 16.3 Å². The molecule has 0 bridgehead atoms. The van der Waals surface area contributed by atoms with Crippen LogP contribution in [0.3, 0.4) is 0 Å². The Hall–Kier alpha value is -2.67. The molecule has 3 aliphatic rings. The Kier molecular flexibility index (Phi) is 9.45. The maximum Gasteiger partial charge on any atom is 0.408 e. The minimum atomic E-state index is -4.07. The summed E-state index contributed by atoms with van der Waals surface area (Å²) in [5.74, 6) is -2.07. The first-order valence-electron chi connectivity index (χ1n) is 13.4. The van der Waals surface area contributed by atoms with E-state index < -0.39 is 51.3 Å². The zero-order valence-corrected chi connectivity index (χ0v) is 23.5. The molecule has 0 unspecified atom stereocenters. The fourth-order valence-corrected chi connectivity index (χ4v) is 5.86. The second-order valence-corrected chi connectivity index (χ2v) is 12.7. The van der Waals surface area contributed by atoms with Crippen molar-refractivity contribution in [2.45, 2.75) is 102 Å². The highest BCUT2D eigenvalue weighted by Crippen LogP contribution is 2.45. The third kappa shape index (κ3) is 7.68. The average Bonchev–Trinajstić information content (AvgIpc) is 3.26. The van der Waals surface area contributed by atoms with Gasteiger partial charge < -0.3 is 20.3 Å². The fourth-order valence-electron chi connectivity index (χ4n) is 4.98. The molecule has 1 saturated heterocycles. The Labute approximate surface area is 224 Å². The number of nitrogens with one attached hydrogen (secondary N) is 4. The van der Waals surface area contributed by atoms with E-state index in [9.17, 15) is 27.6 Å². The van der Waals surface area contributed by atoms with Crippen LogP contribution >= 0.6 is 0 Å². The van der Waals surface area contributed by atoms with Crippen LogP contribution in [0.1, 0.15) is 79.1 Å². The Balaban J connectivity index is 1.83. The molecule has 0 aromatic rings. The van der Waals surface area contributed by atoms with E-state index in [4.69, 9.17) is 4.74 Å². The van der Waals surface area contributed by atoms with Gasteiger partial charge in [-0.05, 0) is 59.3 Å². The van der Waals surface area contributed by atoms with Crippen molar-refractivity contribution in [2.75, 3.05) is 13.1 Å². The molecular weight excluding hydrogens is 514 g/mol. The van der Waals surface area contributed by atoms with Gasteiger partial charge in [-0.15, -0.1) is 0 Å². The monoisotopic (exact) mass is 555 g/mol. The van der Waals surface area contributed by atoms with Gasteiger partial charge in [-0.25, -0.2) is 9.52 Å². The van der Waals surface area contributed by atoms with Crippen molar-refractivity contribution < 1.29 is 32.3 Å². The van der Waals surface area contributed by atoms with Gasteiger partial charge in [0.2, 0.25) is 11.8 Å². The number of fused-ring (bicyclic) bond motifs is 2. The van der Waals surface area contributed by atoms with Gasteiger partial charge in [-0.1, -0.05) is 31.9 Å². The van der Waals surface area contributed by atoms with Gasteiger partial charge in [0.15, 0.2) is 0 Å². The van der Waals surface area contributed by atoms with Crippen LogP contribution in [0, 0.1) is 5.92 Å². The summed E-state index contributed by atoms with van der Waals surface area (Å²) >= 11 is 0. The first-order chi connectivity index (χ1) is 17.8. The number of carbonyl (C=O) groups excluding carboxylic acids is 4. The number of alkyl carbamates (subject to hydrolysis) is 1. The standard InChI is InChI=1S/C25H41N5O7S/c1-5-26-38(35,36)29-22(33)25-16-17(25)12-9-7-6-8-10-13-18(27-23(34)37-24(2,3)4)21(32)30-15-11-14-19(30)20(31)28-25/h9,12,17-19,26H,5-8,10-11,13-16H2,1-4H3,(H,27,34)(H,28,31)(H,29,33)/b12-9-/t17-,18-,19-,25+/m0/s1. The van der Waals surface area contributed by atoms with Crippen LogP contribution in [0.25, 0.3) is 0 Å². The highest BCUT2D eigenvalue weighted by molar-refractivity contribution is 7.88. The quantitative estimate of drug-likeness (QED) is 0.371. The maximum atomic E-state index is 13.6. The van der Waals surface area contributed by atoms with Crippen LogP contribution in [0.5, 0.6) is 0 Å². The predicted octanol–water partition coefficient (Wildman–Crippen LogP) is 1.24. The first kappa shape index (κ1) is 29.9. The van der Waals surface area contributed by atoms with Gasteiger partial charge in [0.1, 0.15) is 23.2 Å².